The van der Waals surface area contributed by atoms with Crippen LogP contribution in [0.1, 0.15) is 49.3 Å². The number of carbonyl (C=O) groups excluding carboxylic acids is 1. The summed E-state index contributed by atoms with van der Waals surface area (Å²) >= 11 is 0. The molecule has 1 fully saturated rings. The van der Waals surface area contributed by atoms with Gasteiger partial charge in [0.1, 0.15) is 27.9 Å². The van der Waals surface area contributed by atoms with Crippen LogP contribution in [0.5, 0.6) is 11.5 Å². The number of hydrogen-bond acceptors (Lipinski definition) is 7. The summed E-state index contributed by atoms with van der Waals surface area (Å²) in [6.07, 6.45) is 3.47. The summed E-state index contributed by atoms with van der Waals surface area (Å²) in [4.78, 5) is 14.4. The molecule has 0 saturated heterocycles. The first-order valence-corrected chi connectivity index (χ1v) is 16.5. The second-order valence-electron chi connectivity index (χ2n) is 10.9. The van der Waals surface area contributed by atoms with Crippen molar-refractivity contribution in [1.82, 2.24) is 0 Å². The summed E-state index contributed by atoms with van der Waals surface area (Å²) in [5.41, 5.74) is 7.03. The fourth-order valence-electron chi connectivity index (χ4n) is 5.56. The normalized spacial score (nSPS) is 17.7. The van der Waals surface area contributed by atoms with Gasteiger partial charge in [0.05, 0.1) is 24.9 Å². The van der Waals surface area contributed by atoms with Gasteiger partial charge in [0.25, 0.3) is 0 Å². The molecule has 0 amide bonds. The van der Waals surface area contributed by atoms with Crippen LogP contribution in [0.3, 0.4) is 0 Å². The van der Waals surface area contributed by atoms with Gasteiger partial charge in [-0.1, -0.05) is 24.3 Å². The molecule has 0 N–H and O–H groups in total. The van der Waals surface area contributed by atoms with Crippen LogP contribution in [0.25, 0.3) is 11.1 Å². The number of carbonyl (C=O) groups is 1. The van der Waals surface area contributed by atoms with Gasteiger partial charge in [-0.05, 0) is 97.7 Å². The van der Waals surface area contributed by atoms with E-state index in [2.05, 4.69) is 42.2 Å². The first kappa shape index (κ1) is 29.0. The van der Waals surface area contributed by atoms with Crippen LogP contribution in [0, 0.1) is 5.92 Å². The number of hydrogen-bond donors (Lipinski definition) is 0. The highest BCUT2D eigenvalue weighted by molar-refractivity contribution is 7.90. The van der Waals surface area contributed by atoms with E-state index in [1.54, 1.807) is 0 Å². The standard InChI is InChI=1S/C33H39NO6S/c1-4-34-16-15-25-20-27(39-17-6-18-41(3,36)37)12-13-28(25)30-19-23(7-14-32(30)34)22-40-26-10-8-24(9-11-26)29-21-31(29)33(35)38-5-2/h7-14,19-20,29,31H,4-6,15-18,21-22H2,1-3H3/t29-,31+/m1/s1. The Morgan fingerprint density at radius 2 is 1.73 bits per heavy atom. The Hall–Kier alpha value is -3.52. The van der Waals surface area contributed by atoms with E-state index in [4.69, 9.17) is 14.2 Å². The highest BCUT2D eigenvalue weighted by atomic mass is 32.2. The predicted molar refractivity (Wildman–Crippen MR) is 162 cm³/mol. The predicted octanol–water partition coefficient (Wildman–Crippen LogP) is 5.80. The maximum absolute atomic E-state index is 12.0. The molecule has 1 aliphatic carbocycles. The van der Waals surface area contributed by atoms with Crippen molar-refractivity contribution >= 4 is 21.5 Å². The van der Waals surface area contributed by atoms with E-state index >= 15 is 0 Å². The number of benzene rings is 3. The molecule has 0 spiro atoms. The summed E-state index contributed by atoms with van der Waals surface area (Å²) in [5, 5.41) is 0. The third-order valence-electron chi connectivity index (χ3n) is 7.82. The summed E-state index contributed by atoms with van der Waals surface area (Å²) in [7, 11) is -2.99. The van der Waals surface area contributed by atoms with E-state index in [9.17, 15) is 13.2 Å². The van der Waals surface area contributed by atoms with Crippen LogP contribution in [0.4, 0.5) is 5.69 Å². The molecule has 5 rings (SSSR count). The van der Waals surface area contributed by atoms with Gasteiger partial charge in [-0.3, -0.25) is 4.79 Å². The molecule has 1 aliphatic heterocycles. The van der Waals surface area contributed by atoms with Gasteiger partial charge in [-0.15, -0.1) is 0 Å². The van der Waals surface area contributed by atoms with Gasteiger partial charge in [-0.25, -0.2) is 8.42 Å². The molecule has 3 aromatic rings. The average molecular weight is 578 g/mol. The van der Waals surface area contributed by atoms with Crippen LogP contribution in [-0.4, -0.2) is 52.7 Å². The molecule has 0 bridgehead atoms. The van der Waals surface area contributed by atoms with Gasteiger partial charge in [-0.2, -0.15) is 0 Å². The Kier molecular flexibility index (Phi) is 8.88. The first-order valence-electron chi connectivity index (χ1n) is 14.5. The molecule has 0 radical (unpaired) electrons. The topological polar surface area (TPSA) is 82.1 Å². The lowest BCUT2D eigenvalue weighted by Gasteiger charge is -2.23. The van der Waals surface area contributed by atoms with Crippen molar-refractivity contribution in [3.63, 3.8) is 0 Å². The number of fused-ring (bicyclic) bond motifs is 3. The third-order valence-corrected chi connectivity index (χ3v) is 8.85. The van der Waals surface area contributed by atoms with E-state index in [1.165, 1.54) is 28.6 Å². The van der Waals surface area contributed by atoms with E-state index in [0.717, 1.165) is 48.6 Å². The highest BCUT2D eigenvalue weighted by Crippen LogP contribution is 2.48. The minimum Gasteiger partial charge on any atom is -0.494 e. The molecule has 0 aromatic heterocycles. The van der Waals surface area contributed by atoms with Gasteiger partial charge >= 0.3 is 5.97 Å². The molecular formula is C33H39NO6S. The van der Waals surface area contributed by atoms with Crippen LogP contribution in [-0.2, 0) is 32.4 Å². The molecule has 0 unspecified atom stereocenters. The number of rotatable bonds is 12. The lowest BCUT2D eigenvalue weighted by Crippen LogP contribution is -2.24. The van der Waals surface area contributed by atoms with E-state index in [-0.39, 0.29) is 23.6 Å². The molecule has 2 atom stereocenters. The maximum Gasteiger partial charge on any atom is 0.309 e. The Morgan fingerprint density at radius 1 is 0.951 bits per heavy atom. The maximum atomic E-state index is 12.0. The lowest BCUT2D eigenvalue weighted by atomic mass is 9.96. The first-order chi connectivity index (χ1) is 19.8. The Bertz CT molecular complexity index is 1480. The number of anilines is 1. The Labute approximate surface area is 243 Å². The van der Waals surface area contributed by atoms with Crippen molar-refractivity contribution in [2.45, 2.75) is 45.6 Å². The fraction of sp³-hybridized carbons (Fsp3) is 0.424. The molecule has 7 nitrogen and oxygen atoms in total. The van der Waals surface area contributed by atoms with Gasteiger partial charge in [0, 0.05) is 30.6 Å². The zero-order chi connectivity index (χ0) is 29.0. The van der Waals surface area contributed by atoms with E-state index < -0.39 is 9.84 Å². The number of likely N-dealkylation sites (N-methyl/N-ethyl adjacent to an activating group) is 1. The van der Waals surface area contributed by atoms with Gasteiger partial charge in [0.15, 0.2) is 0 Å². The molecule has 1 saturated carbocycles. The number of nitrogens with zero attached hydrogens (tertiary/aromatic N) is 1. The highest BCUT2D eigenvalue weighted by Gasteiger charge is 2.45. The lowest BCUT2D eigenvalue weighted by molar-refractivity contribution is -0.144. The summed E-state index contributed by atoms with van der Waals surface area (Å²) in [6, 6.07) is 20.8. The monoisotopic (exact) mass is 577 g/mol. The molecule has 8 heteroatoms. The van der Waals surface area contributed by atoms with E-state index in [0.29, 0.717) is 26.2 Å². The molecule has 1 heterocycles. The van der Waals surface area contributed by atoms with Crippen molar-refractivity contribution in [3.8, 4) is 22.6 Å². The average Bonchev–Trinajstić information content (AvgIpc) is 3.77. The van der Waals surface area contributed by atoms with Gasteiger partial charge in [0.2, 0.25) is 0 Å². The molecular weight excluding hydrogens is 538 g/mol. The molecule has 2 aliphatic rings. The second kappa shape index (κ2) is 12.6. The fourth-order valence-corrected chi connectivity index (χ4v) is 6.20. The molecule has 218 valence electrons. The SMILES string of the molecule is CCOC(=O)[C@H]1C[C@@H]1c1ccc(OCc2ccc3c(c2)-c2ccc(OCCCS(C)(=O)=O)cc2CCN3CC)cc1. The number of sulfone groups is 1. The van der Waals surface area contributed by atoms with Crippen LogP contribution >= 0.6 is 0 Å². The van der Waals surface area contributed by atoms with E-state index in [1.807, 2.05) is 37.3 Å². The Morgan fingerprint density at radius 3 is 2.46 bits per heavy atom. The Balaban J connectivity index is 1.27. The van der Waals surface area contributed by atoms with Crippen molar-refractivity contribution in [2.24, 2.45) is 5.92 Å². The zero-order valence-electron chi connectivity index (χ0n) is 24.1. The van der Waals surface area contributed by atoms with Crippen molar-refractivity contribution in [1.29, 1.82) is 0 Å². The largest absolute Gasteiger partial charge is 0.494 e. The molecule has 3 aromatic carbocycles. The minimum atomic E-state index is -2.99. The molecule has 41 heavy (non-hydrogen) atoms. The summed E-state index contributed by atoms with van der Waals surface area (Å²) < 4.78 is 40.0. The summed E-state index contributed by atoms with van der Waals surface area (Å²) in [5.74, 6) is 1.82. The summed E-state index contributed by atoms with van der Waals surface area (Å²) in [6.45, 7) is 7.08. The van der Waals surface area contributed by atoms with Crippen LogP contribution in [0.15, 0.2) is 60.7 Å². The zero-order valence-corrected chi connectivity index (χ0v) is 24.9. The van der Waals surface area contributed by atoms with Crippen molar-refractivity contribution in [3.05, 3.63) is 77.4 Å². The smallest absolute Gasteiger partial charge is 0.309 e. The quantitative estimate of drug-likeness (QED) is 0.199. The van der Waals surface area contributed by atoms with Crippen LogP contribution < -0.4 is 14.4 Å². The van der Waals surface area contributed by atoms with Crippen LogP contribution in [0.2, 0.25) is 0 Å². The number of esters is 1. The van der Waals surface area contributed by atoms with Crippen molar-refractivity contribution in [2.75, 3.05) is 43.2 Å². The number of ether oxygens (including phenoxy) is 3. The minimum absolute atomic E-state index is 0.0191. The second-order valence-corrected chi connectivity index (χ2v) is 13.2. The van der Waals surface area contributed by atoms with Gasteiger partial charge < -0.3 is 19.1 Å². The van der Waals surface area contributed by atoms with Crippen molar-refractivity contribution < 1.29 is 27.4 Å². The third kappa shape index (κ3) is 7.22.